The topological polar surface area (TPSA) is 83.6 Å². The molecule has 5 nitrogen and oxygen atoms in total. The number of allylic oxidation sites excluding steroid dienone is 2. The Morgan fingerprint density at radius 3 is 1.81 bits per heavy atom. The third-order valence-electron chi connectivity index (χ3n) is 6.10. The number of amides is 1. The zero-order valence-corrected chi connectivity index (χ0v) is 21.2. The third-order valence-corrected chi connectivity index (χ3v) is 6.10. The van der Waals surface area contributed by atoms with Crippen LogP contribution in [-0.4, -0.2) is 41.5 Å². The molecule has 188 valence electrons. The van der Waals surface area contributed by atoms with Crippen molar-refractivity contribution in [3.63, 3.8) is 0 Å². The van der Waals surface area contributed by atoms with Gasteiger partial charge in [-0.3, -0.25) is 9.59 Å². The summed E-state index contributed by atoms with van der Waals surface area (Å²) in [4.78, 5) is 23.5. The van der Waals surface area contributed by atoms with Crippen molar-refractivity contribution in [3.05, 3.63) is 12.2 Å². The van der Waals surface area contributed by atoms with E-state index in [-0.39, 0.29) is 12.5 Å². The molecule has 0 saturated heterocycles. The number of nitrogens with zero attached hydrogens (tertiary/aromatic N) is 1. The molecule has 0 aromatic carbocycles. The fourth-order valence-corrected chi connectivity index (χ4v) is 3.96. The van der Waals surface area contributed by atoms with E-state index in [9.17, 15) is 9.59 Å². The van der Waals surface area contributed by atoms with E-state index in [0.717, 1.165) is 25.7 Å². The average molecular weight is 453 g/mol. The van der Waals surface area contributed by atoms with Crippen LogP contribution >= 0.6 is 0 Å². The Labute approximate surface area is 198 Å². The van der Waals surface area contributed by atoms with Crippen molar-refractivity contribution in [3.8, 4) is 0 Å². The molecule has 0 heterocycles. The van der Waals surface area contributed by atoms with E-state index in [1.54, 1.807) is 7.05 Å². The number of carbonyl (C=O) groups is 2. The lowest BCUT2D eigenvalue weighted by atomic mass is 9.97. The first-order chi connectivity index (χ1) is 15.5. The van der Waals surface area contributed by atoms with Gasteiger partial charge in [-0.05, 0) is 44.9 Å². The summed E-state index contributed by atoms with van der Waals surface area (Å²) in [5.74, 6) is -1.03. The monoisotopic (exact) mass is 452 g/mol. The van der Waals surface area contributed by atoms with Gasteiger partial charge in [-0.25, -0.2) is 0 Å². The summed E-state index contributed by atoms with van der Waals surface area (Å²) < 4.78 is 0. The number of unbranched alkanes of at least 4 members (excludes halogenated alkanes) is 11. The molecular formula is C27H52N2O3. The predicted octanol–water partition coefficient (Wildman–Crippen LogP) is 6.84. The first kappa shape index (κ1) is 30.6. The summed E-state index contributed by atoms with van der Waals surface area (Å²) in [6.07, 6.45) is 27.8. The van der Waals surface area contributed by atoms with Gasteiger partial charge in [0, 0.05) is 19.5 Å². The molecule has 0 unspecified atom stereocenters. The maximum Gasteiger partial charge on any atom is 0.323 e. The fraction of sp³-hybridized carbons (Fsp3) is 0.852. The average Bonchev–Trinajstić information content (AvgIpc) is 2.76. The maximum absolute atomic E-state index is 11.7. The summed E-state index contributed by atoms with van der Waals surface area (Å²) in [6, 6.07) is 0.536. The van der Waals surface area contributed by atoms with Crippen LogP contribution in [0.3, 0.4) is 0 Å². The van der Waals surface area contributed by atoms with Gasteiger partial charge in [0.2, 0.25) is 5.91 Å². The molecule has 1 fully saturated rings. The molecule has 0 atom stereocenters. The second-order valence-corrected chi connectivity index (χ2v) is 9.38. The van der Waals surface area contributed by atoms with Crippen molar-refractivity contribution in [1.29, 1.82) is 0 Å². The largest absolute Gasteiger partial charge is 0.480 e. The van der Waals surface area contributed by atoms with Crippen molar-refractivity contribution < 1.29 is 14.7 Å². The lowest BCUT2D eigenvalue weighted by Gasteiger charge is -2.15. The molecule has 0 spiro atoms. The van der Waals surface area contributed by atoms with Crippen LogP contribution in [-0.2, 0) is 9.59 Å². The van der Waals surface area contributed by atoms with E-state index in [1.807, 2.05) is 0 Å². The standard InChI is InChI=1S/C21H39NO3.C6H13N/c1-3-4-5-6-7-8-9-10-11-12-13-14-15-16-17-18-20(23)22(2)19-21(24)25;7-6-4-2-1-3-5-6/h10-11H,3-9,12-19H2,1-2H3,(H,24,25);6H,1-5,7H2/b11-10+;. The van der Waals surface area contributed by atoms with Crippen LogP contribution in [0.1, 0.15) is 129 Å². The van der Waals surface area contributed by atoms with Crippen molar-refractivity contribution in [1.82, 2.24) is 4.90 Å². The maximum atomic E-state index is 11.7. The highest BCUT2D eigenvalue weighted by atomic mass is 16.4. The van der Waals surface area contributed by atoms with Gasteiger partial charge in [-0.2, -0.15) is 0 Å². The minimum absolute atomic E-state index is 0.0694. The molecule has 1 rings (SSSR count). The Hall–Kier alpha value is -1.36. The quantitative estimate of drug-likeness (QED) is 0.187. The molecule has 0 bridgehead atoms. The van der Waals surface area contributed by atoms with Gasteiger partial charge >= 0.3 is 5.97 Å². The fourth-order valence-electron chi connectivity index (χ4n) is 3.96. The van der Waals surface area contributed by atoms with Crippen LogP contribution in [0.4, 0.5) is 0 Å². The number of aliphatic carboxylic acids is 1. The lowest BCUT2D eigenvalue weighted by molar-refractivity contribution is -0.143. The second kappa shape index (κ2) is 22.8. The van der Waals surface area contributed by atoms with E-state index in [2.05, 4.69) is 19.1 Å². The number of hydrogen-bond donors (Lipinski definition) is 2. The normalized spacial score (nSPS) is 14.2. The number of rotatable bonds is 17. The summed E-state index contributed by atoms with van der Waals surface area (Å²) in [5.41, 5.74) is 5.63. The van der Waals surface area contributed by atoms with Gasteiger partial charge < -0.3 is 15.7 Å². The Morgan fingerprint density at radius 2 is 1.34 bits per heavy atom. The van der Waals surface area contributed by atoms with E-state index >= 15 is 0 Å². The van der Waals surface area contributed by atoms with Crippen LogP contribution < -0.4 is 5.73 Å². The smallest absolute Gasteiger partial charge is 0.323 e. The summed E-state index contributed by atoms with van der Waals surface area (Å²) >= 11 is 0. The number of hydrogen-bond acceptors (Lipinski definition) is 3. The highest BCUT2D eigenvalue weighted by Gasteiger charge is 2.11. The number of nitrogens with two attached hydrogens (primary N) is 1. The molecule has 0 aromatic heterocycles. The molecule has 0 aliphatic heterocycles. The van der Waals surface area contributed by atoms with Gasteiger partial charge in [0.15, 0.2) is 0 Å². The molecule has 1 amide bonds. The van der Waals surface area contributed by atoms with Gasteiger partial charge in [-0.15, -0.1) is 0 Å². The molecule has 5 heteroatoms. The van der Waals surface area contributed by atoms with Gasteiger partial charge in [0.05, 0.1) is 0 Å². The predicted molar refractivity (Wildman–Crippen MR) is 136 cm³/mol. The summed E-state index contributed by atoms with van der Waals surface area (Å²) in [6.45, 7) is 2.05. The zero-order chi connectivity index (χ0) is 23.9. The summed E-state index contributed by atoms with van der Waals surface area (Å²) in [7, 11) is 1.55. The van der Waals surface area contributed by atoms with Crippen molar-refractivity contribution in [2.24, 2.45) is 5.73 Å². The van der Waals surface area contributed by atoms with E-state index in [4.69, 9.17) is 10.8 Å². The number of carboxylic acid groups (broad SMARTS) is 1. The van der Waals surface area contributed by atoms with Crippen LogP contribution in [0.25, 0.3) is 0 Å². The minimum atomic E-state index is -0.958. The molecule has 1 saturated carbocycles. The van der Waals surface area contributed by atoms with Crippen LogP contribution in [0.5, 0.6) is 0 Å². The molecule has 0 aromatic rings. The zero-order valence-electron chi connectivity index (χ0n) is 21.2. The second-order valence-electron chi connectivity index (χ2n) is 9.38. The molecule has 0 radical (unpaired) electrons. The Kier molecular flexibility index (Phi) is 21.9. The van der Waals surface area contributed by atoms with Gasteiger partial charge in [-0.1, -0.05) is 89.7 Å². The first-order valence-corrected chi connectivity index (χ1v) is 13.3. The molecular weight excluding hydrogens is 400 g/mol. The van der Waals surface area contributed by atoms with E-state index in [1.165, 1.54) is 94.8 Å². The Morgan fingerprint density at radius 1 is 0.844 bits per heavy atom. The number of carbonyl (C=O) groups excluding carboxylic acids is 1. The van der Waals surface area contributed by atoms with Crippen molar-refractivity contribution in [2.45, 2.75) is 135 Å². The summed E-state index contributed by atoms with van der Waals surface area (Å²) in [5, 5.41) is 8.64. The third kappa shape index (κ3) is 21.9. The Balaban J connectivity index is 0.00000115. The highest BCUT2D eigenvalue weighted by molar-refractivity contribution is 5.80. The first-order valence-electron chi connectivity index (χ1n) is 13.3. The molecule has 32 heavy (non-hydrogen) atoms. The lowest BCUT2D eigenvalue weighted by Crippen LogP contribution is -2.31. The number of likely N-dealkylation sites (N-methyl/N-ethyl adjacent to an activating group) is 1. The van der Waals surface area contributed by atoms with Gasteiger partial charge in [0.1, 0.15) is 6.54 Å². The van der Waals surface area contributed by atoms with Gasteiger partial charge in [0.25, 0.3) is 0 Å². The van der Waals surface area contributed by atoms with E-state index in [0.29, 0.717) is 12.5 Å². The van der Waals surface area contributed by atoms with Crippen LogP contribution in [0.2, 0.25) is 0 Å². The van der Waals surface area contributed by atoms with Crippen molar-refractivity contribution >= 4 is 11.9 Å². The molecule has 3 N–H and O–H groups in total. The SMILES string of the molecule is CCCCCCCC/C=C/CCCCCCCC(=O)N(C)CC(=O)O.NC1CCCCC1. The van der Waals surface area contributed by atoms with Crippen LogP contribution in [0, 0.1) is 0 Å². The van der Waals surface area contributed by atoms with E-state index < -0.39 is 5.97 Å². The molecule has 1 aliphatic rings. The molecule has 1 aliphatic carbocycles. The van der Waals surface area contributed by atoms with Crippen molar-refractivity contribution in [2.75, 3.05) is 13.6 Å². The van der Waals surface area contributed by atoms with Crippen LogP contribution in [0.15, 0.2) is 12.2 Å². The highest BCUT2D eigenvalue weighted by Crippen LogP contribution is 2.15. The minimum Gasteiger partial charge on any atom is -0.480 e. The number of carboxylic acids is 1. The Bertz CT molecular complexity index is 474.